The molecule has 2 aromatic carbocycles. The van der Waals surface area contributed by atoms with Gasteiger partial charge in [-0.1, -0.05) is 18.2 Å². The highest BCUT2D eigenvalue weighted by Gasteiger charge is 2.16. The van der Waals surface area contributed by atoms with Gasteiger partial charge in [0.1, 0.15) is 11.5 Å². The Morgan fingerprint density at radius 1 is 1.25 bits per heavy atom. The number of carbonyl (C=O) groups excluding carboxylic acids is 2. The fourth-order valence-corrected chi connectivity index (χ4v) is 2.46. The van der Waals surface area contributed by atoms with Gasteiger partial charge in [0.2, 0.25) is 5.91 Å². The summed E-state index contributed by atoms with van der Waals surface area (Å²) < 4.78 is 10.5. The van der Waals surface area contributed by atoms with E-state index in [1.165, 1.54) is 0 Å². The lowest BCUT2D eigenvalue weighted by Crippen LogP contribution is -2.26. The Hall–Kier alpha value is -3.02. The monoisotopic (exact) mass is 326 g/mol. The predicted octanol–water partition coefficient (Wildman–Crippen LogP) is 1.89. The van der Waals surface area contributed by atoms with E-state index in [1.54, 1.807) is 13.2 Å². The van der Waals surface area contributed by atoms with Crippen molar-refractivity contribution in [2.75, 3.05) is 19.0 Å². The second-order valence-electron chi connectivity index (χ2n) is 5.47. The van der Waals surface area contributed by atoms with Crippen molar-refractivity contribution in [2.24, 2.45) is 0 Å². The van der Waals surface area contributed by atoms with Gasteiger partial charge in [-0.2, -0.15) is 0 Å². The zero-order valence-electron chi connectivity index (χ0n) is 13.3. The number of rotatable bonds is 5. The fraction of sp³-hybridized carbons (Fsp3) is 0.222. The van der Waals surface area contributed by atoms with Crippen LogP contribution in [-0.4, -0.2) is 25.5 Å². The maximum absolute atomic E-state index is 12.1. The molecule has 124 valence electrons. The first-order valence-corrected chi connectivity index (χ1v) is 7.59. The van der Waals surface area contributed by atoms with Gasteiger partial charge in [0.05, 0.1) is 19.2 Å². The van der Waals surface area contributed by atoms with Crippen molar-refractivity contribution in [3.63, 3.8) is 0 Å². The van der Waals surface area contributed by atoms with E-state index < -0.39 is 0 Å². The number of ether oxygens (including phenoxy) is 2. The number of hydrogen-bond acceptors (Lipinski definition) is 4. The molecule has 0 atom stereocenters. The van der Waals surface area contributed by atoms with Crippen LogP contribution >= 0.6 is 0 Å². The van der Waals surface area contributed by atoms with Crippen LogP contribution in [0.1, 0.15) is 11.1 Å². The molecular weight excluding hydrogens is 308 g/mol. The van der Waals surface area contributed by atoms with Gasteiger partial charge in [-0.05, 0) is 35.4 Å². The average Bonchev–Trinajstić information content (AvgIpc) is 2.60. The zero-order chi connectivity index (χ0) is 16.9. The van der Waals surface area contributed by atoms with Crippen molar-refractivity contribution in [1.29, 1.82) is 0 Å². The molecule has 1 aliphatic rings. The topological polar surface area (TPSA) is 76.7 Å². The highest BCUT2D eigenvalue weighted by Crippen LogP contribution is 2.28. The largest absolute Gasteiger partial charge is 0.497 e. The number of fused-ring (bicyclic) bond motifs is 1. The Bertz CT molecular complexity index is 773. The molecular formula is C18H18N2O4. The van der Waals surface area contributed by atoms with Crippen LogP contribution in [0.2, 0.25) is 0 Å². The van der Waals surface area contributed by atoms with Crippen LogP contribution in [-0.2, 0) is 22.6 Å². The summed E-state index contributed by atoms with van der Waals surface area (Å²) in [4.78, 5) is 23.3. The van der Waals surface area contributed by atoms with Crippen molar-refractivity contribution < 1.29 is 19.1 Å². The summed E-state index contributed by atoms with van der Waals surface area (Å²) in [6, 6.07) is 12.9. The highest BCUT2D eigenvalue weighted by molar-refractivity contribution is 5.95. The molecule has 0 aromatic heterocycles. The molecule has 0 unspecified atom stereocenters. The summed E-state index contributed by atoms with van der Waals surface area (Å²) >= 11 is 0. The molecule has 0 saturated heterocycles. The van der Waals surface area contributed by atoms with E-state index in [0.717, 1.165) is 16.9 Å². The van der Waals surface area contributed by atoms with Crippen LogP contribution in [0.25, 0.3) is 0 Å². The number of benzene rings is 2. The van der Waals surface area contributed by atoms with Gasteiger partial charge in [0.25, 0.3) is 5.91 Å². The minimum Gasteiger partial charge on any atom is -0.497 e. The standard InChI is InChI=1S/C18H18N2O4/c1-23-14-4-2-3-12(7-14)9-17(21)19-10-13-5-6-15-16(8-13)24-11-18(22)20-15/h2-8H,9-11H2,1H3,(H,19,21)(H,20,22). The van der Waals surface area contributed by atoms with Crippen molar-refractivity contribution in [3.8, 4) is 11.5 Å². The number of methoxy groups -OCH3 is 1. The molecule has 2 amide bonds. The highest BCUT2D eigenvalue weighted by atomic mass is 16.5. The van der Waals surface area contributed by atoms with Gasteiger partial charge in [-0.3, -0.25) is 9.59 Å². The lowest BCUT2D eigenvalue weighted by molar-refractivity contribution is -0.120. The maximum Gasteiger partial charge on any atom is 0.262 e. The lowest BCUT2D eigenvalue weighted by Gasteiger charge is -2.18. The summed E-state index contributed by atoms with van der Waals surface area (Å²) in [7, 11) is 1.60. The smallest absolute Gasteiger partial charge is 0.262 e. The summed E-state index contributed by atoms with van der Waals surface area (Å²) in [6.45, 7) is 0.409. The van der Waals surface area contributed by atoms with Gasteiger partial charge in [-0.25, -0.2) is 0 Å². The Morgan fingerprint density at radius 3 is 2.96 bits per heavy atom. The van der Waals surface area contributed by atoms with Crippen molar-refractivity contribution >= 4 is 17.5 Å². The van der Waals surface area contributed by atoms with E-state index in [4.69, 9.17) is 9.47 Å². The van der Waals surface area contributed by atoms with Crippen LogP contribution in [0.4, 0.5) is 5.69 Å². The molecule has 1 heterocycles. The molecule has 0 spiro atoms. The van der Waals surface area contributed by atoms with Crippen molar-refractivity contribution in [3.05, 3.63) is 53.6 Å². The number of anilines is 1. The molecule has 0 bridgehead atoms. The Morgan fingerprint density at radius 2 is 2.12 bits per heavy atom. The first-order chi connectivity index (χ1) is 11.6. The molecule has 0 radical (unpaired) electrons. The third kappa shape index (κ3) is 3.84. The van der Waals surface area contributed by atoms with Gasteiger partial charge < -0.3 is 20.1 Å². The summed E-state index contributed by atoms with van der Waals surface area (Å²) in [5, 5.41) is 5.61. The van der Waals surface area contributed by atoms with Gasteiger partial charge in [0.15, 0.2) is 6.61 Å². The minimum absolute atomic E-state index is 0.0126. The van der Waals surface area contributed by atoms with E-state index in [-0.39, 0.29) is 24.8 Å². The zero-order valence-corrected chi connectivity index (χ0v) is 13.3. The van der Waals surface area contributed by atoms with Gasteiger partial charge >= 0.3 is 0 Å². The third-order valence-electron chi connectivity index (χ3n) is 3.67. The number of nitrogens with one attached hydrogen (secondary N) is 2. The molecule has 3 rings (SSSR count). The maximum atomic E-state index is 12.1. The molecule has 2 aromatic rings. The molecule has 0 saturated carbocycles. The van der Waals surface area contributed by atoms with Crippen LogP contribution < -0.4 is 20.1 Å². The first kappa shape index (κ1) is 15.9. The molecule has 24 heavy (non-hydrogen) atoms. The van der Waals surface area contributed by atoms with E-state index in [1.807, 2.05) is 36.4 Å². The molecule has 0 aliphatic carbocycles. The van der Waals surface area contributed by atoms with Crippen LogP contribution in [0.15, 0.2) is 42.5 Å². The number of carbonyl (C=O) groups is 2. The second-order valence-corrected chi connectivity index (χ2v) is 5.47. The molecule has 6 nitrogen and oxygen atoms in total. The van der Waals surface area contributed by atoms with Gasteiger partial charge in [-0.15, -0.1) is 0 Å². The molecule has 2 N–H and O–H groups in total. The van der Waals surface area contributed by atoms with Gasteiger partial charge in [0, 0.05) is 6.54 Å². The van der Waals surface area contributed by atoms with E-state index >= 15 is 0 Å². The van der Waals surface area contributed by atoms with E-state index in [0.29, 0.717) is 18.0 Å². The Labute approximate surface area is 139 Å². The SMILES string of the molecule is COc1cccc(CC(=O)NCc2ccc3c(c2)OCC(=O)N3)c1. The Balaban J connectivity index is 1.57. The fourth-order valence-electron chi connectivity index (χ4n) is 2.46. The average molecular weight is 326 g/mol. The van der Waals surface area contributed by atoms with Crippen LogP contribution in [0, 0.1) is 0 Å². The third-order valence-corrected chi connectivity index (χ3v) is 3.67. The minimum atomic E-state index is -0.165. The normalized spacial score (nSPS) is 12.6. The van der Waals surface area contributed by atoms with Crippen molar-refractivity contribution in [1.82, 2.24) is 5.32 Å². The molecule has 6 heteroatoms. The van der Waals surface area contributed by atoms with E-state index in [9.17, 15) is 9.59 Å². The van der Waals surface area contributed by atoms with Crippen LogP contribution in [0.5, 0.6) is 11.5 Å². The van der Waals surface area contributed by atoms with Crippen LogP contribution in [0.3, 0.4) is 0 Å². The summed E-state index contributed by atoms with van der Waals surface area (Å²) in [5.41, 5.74) is 2.45. The Kier molecular flexibility index (Phi) is 4.65. The quantitative estimate of drug-likeness (QED) is 0.880. The van der Waals surface area contributed by atoms with Crippen molar-refractivity contribution in [2.45, 2.75) is 13.0 Å². The number of amides is 2. The molecule has 1 aliphatic heterocycles. The second kappa shape index (κ2) is 7.04. The first-order valence-electron chi connectivity index (χ1n) is 7.59. The lowest BCUT2D eigenvalue weighted by atomic mass is 10.1. The van der Waals surface area contributed by atoms with E-state index in [2.05, 4.69) is 10.6 Å². The summed E-state index contributed by atoms with van der Waals surface area (Å²) in [6.07, 6.45) is 0.286. The predicted molar refractivity (Wildman–Crippen MR) is 89.1 cm³/mol. The summed E-state index contributed by atoms with van der Waals surface area (Å²) in [5.74, 6) is 1.11. The molecule has 0 fully saturated rings. The number of hydrogen-bond donors (Lipinski definition) is 2.